The number of benzene rings is 2. The fourth-order valence-corrected chi connectivity index (χ4v) is 3.21. The van der Waals surface area contributed by atoms with Crippen LogP contribution in [-0.2, 0) is 6.54 Å². The van der Waals surface area contributed by atoms with Crippen LogP contribution in [0.1, 0.15) is 28.5 Å². The number of carbonyl (C=O) groups is 1. The third kappa shape index (κ3) is 4.35. The summed E-state index contributed by atoms with van der Waals surface area (Å²) in [7, 11) is 0. The van der Waals surface area contributed by atoms with Gasteiger partial charge in [-0.15, -0.1) is 0 Å². The number of H-pyrrole nitrogens is 1. The molecule has 0 fully saturated rings. The van der Waals surface area contributed by atoms with Gasteiger partial charge in [0.15, 0.2) is 0 Å². The van der Waals surface area contributed by atoms with E-state index in [-0.39, 0.29) is 17.7 Å². The van der Waals surface area contributed by atoms with E-state index in [2.05, 4.69) is 20.5 Å². The fraction of sp³-hybridized carbons (Fsp3) is 0.136. The number of nitrogens with one attached hydrogen (secondary N) is 2. The van der Waals surface area contributed by atoms with Gasteiger partial charge in [0.2, 0.25) is 0 Å². The number of amides is 1. The number of aromatic hydroxyl groups is 1. The van der Waals surface area contributed by atoms with E-state index >= 15 is 0 Å². The fourth-order valence-electron chi connectivity index (χ4n) is 3.21. The zero-order valence-corrected chi connectivity index (χ0v) is 15.7. The summed E-state index contributed by atoms with van der Waals surface area (Å²) in [6.45, 7) is 0.728. The standard InChI is InChI=1S/C22H21N5O2/c28-21-9-5-4-8-17(21)19-14-20(26-25-19)22(29)24-18(16-6-2-1-3-7-16)10-12-27-13-11-23-15-27/h1-9,11,13-15,18,28H,10,12H2,(H,24,29)(H,25,26)/t18-/m0/s1. The number of phenolic OH excluding ortho intramolecular Hbond substituents is 1. The van der Waals surface area contributed by atoms with E-state index in [0.29, 0.717) is 23.4 Å². The Hall–Kier alpha value is -3.87. The van der Waals surface area contributed by atoms with Gasteiger partial charge in [0.05, 0.1) is 18.1 Å². The second kappa shape index (κ2) is 8.43. The van der Waals surface area contributed by atoms with Crippen molar-refractivity contribution in [1.29, 1.82) is 0 Å². The molecule has 0 radical (unpaired) electrons. The van der Waals surface area contributed by atoms with E-state index in [1.54, 1.807) is 36.8 Å². The van der Waals surface area contributed by atoms with E-state index in [9.17, 15) is 9.90 Å². The quantitative estimate of drug-likeness (QED) is 0.452. The molecule has 7 heteroatoms. The highest BCUT2D eigenvalue weighted by molar-refractivity contribution is 5.93. The first-order valence-corrected chi connectivity index (χ1v) is 9.36. The number of aryl methyl sites for hydroxylation is 1. The van der Waals surface area contributed by atoms with Gasteiger partial charge in [-0.05, 0) is 30.2 Å². The maximum atomic E-state index is 12.9. The normalized spacial score (nSPS) is 11.9. The molecule has 29 heavy (non-hydrogen) atoms. The van der Waals surface area contributed by atoms with Crippen molar-refractivity contribution < 1.29 is 9.90 Å². The molecule has 0 aliphatic rings. The predicted molar refractivity (Wildman–Crippen MR) is 109 cm³/mol. The van der Waals surface area contributed by atoms with Crippen LogP contribution in [0.3, 0.4) is 0 Å². The first kappa shape index (κ1) is 18.5. The second-order valence-electron chi connectivity index (χ2n) is 6.71. The highest BCUT2D eigenvalue weighted by Gasteiger charge is 2.18. The van der Waals surface area contributed by atoms with Gasteiger partial charge in [-0.25, -0.2) is 4.98 Å². The lowest BCUT2D eigenvalue weighted by molar-refractivity contribution is 0.0928. The molecule has 2 aromatic heterocycles. The van der Waals surface area contributed by atoms with E-state index in [4.69, 9.17) is 0 Å². The summed E-state index contributed by atoms with van der Waals surface area (Å²) in [6.07, 6.45) is 6.11. The van der Waals surface area contributed by atoms with Crippen LogP contribution >= 0.6 is 0 Å². The van der Waals surface area contributed by atoms with E-state index in [1.807, 2.05) is 47.2 Å². The van der Waals surface area contributed by atoms with Crippen LogP contribution < -0.4 is 5.32 Å². The number of hydrogen-bond acceptors (Lipinski definition) is 4. The Morgan fingerprint density at radius 3 is 2.69 bits per heavy atom. The molecule has 2 heterocycles. The first-order chi connectivity index (χ1) is 14.2. The molecule has 0 saturated heterocycles. The topological polar surface area (TPSA) is 95.8 Å². The van der Waals surface area contributed by atoms with Gasteiger partial charge in [-0.2, -0.15) is 5.10 Å². The van der Waals surface area contributed by atoms with Gasteiger partial charge < -0.3 is 15.0 Å². The number of phenols is 1. The number of aromatic amines is 1. The van der Waals surface area contributed by atoms with Gasteiger partial charge >= 0.3 is 0 Å². The number of nitrogens with zero attached hydrogens (tertiary/aromatic N) is 3. The van der Waals surface area contributed by atoms with Gasteiger partial charge in [-0.3, -0.25) is 9.89 Å². The Morgan fingerprint density at radius 2 is 1.93 bits per heavy atom. The average molecular weight is 387 g/mol. The molecule has 3 N–H and O–H groups in total. The molecule has 0 saturated carbocycles. The third-order valence-corrected chi connectivity index (χ3v) is 4.74. The summed E-state index contributed by atoms with van der Waals surface area (Å²) in [4.78, 5) is 16.9. The highest BCUT2D eigenvalue weighted by atomic mass is 16.3. The van der Waals surface area contributed by atoms with Crippen molar-refractivity contribution in [2.24, 2.45) is 0 Å². The molecular weight excluding hydrogens is 366 g/mol. The zero-order valence-electron chi connectivity index (χ0n) is 15.7. The van der Waals surface area contributed by atoms with Gasteiger partial charge in [-0.1, -0.05) is 42.5 Å². The minimum atomic E-state index is -0.251. The van der Waals surface area contributed by atoms with Crippen molar-refractivity contribution in [2.75, 3.05) is 0 Å². The van der Waals surface area contributed by atoms with Crippen molar-refractivity contribution in [2.45, 2.75) is 19.0 Å². The molecule has 0 aliphatic carbocycles. The van der Waals surface area contributed by atoms with Gasteiger partial charge in [0, 0.05) is 24.5 Å². The molecule has 0 unspecified atom stereocenters. The van der Waals surface area contributed by atoms with Crippen LogP contribution in [-0.4, -0.2) is 30.8 Å². The smallest absolute Gasteiger partial charge is 0.269 e. The molecule has 1 atom stereocenters. The molecule has 1 amide bonds. The molecule has 0 spiro atoms. The molecule has 0 aliphatic heterocycles. The molecule has 2 aromatic carbocycles. The summed E-state index contributed by atoms with van der Waals surface area (Å²) in [5.41, 5.74) is 2.46. The van der Waals surface area contributed by atoms with Crippen molar-refractivity contribution in [3.8, 4) is 17.0 Å². The molecule has 0 bridgehead atoms. The summed E-state index contributed by atoms with van der Waals surface area (Å²) < 4.78 is 1.98. The lowest BCUT2D eigenvalue weighted by atomic mass is 10.0. The van der Waals surface area contributed by atoms with Crippen LogP contribution in [0.4, 0.5) is 0 Å². The summed E-state index contributed by atoms with van der Waals surface area (Å²) >= 11 is 0. The van der Waals surface area contributed by atoms with Crippen molar-refractivity contribution in [1.82, 2.24) is 25.1 Å². The van der Waals surface area contributed by atoms with Gasteiger partial charge in [0.1, 0.15) is 11.4 Å². The molecular formula is C22H21N5O2. The zero-order chi connectivity index (χ0) is 20.1. The molecule has 7 nitrogen and oxygen atoms in total. The number of para-hydroxylation sites is 1. The number of imidazole rings is 1. The number of aromatic nitrogens is 4. The number of rotatable bonds is 7. The molecule has 4 rings (SSSR count). The van der Waals surface area contributed by atoms with Gasteiger partial charge in [0.25, 0.3) is 5.91 Å². The Bertz CT molecular complexity index is 1070. The highest BCUT2D eigenvalue weighted by Crippen LogP contribution is 2.27. The second-order valence-corrected chi connectivity index (χ2v) is 6.71. The minimum absolute atomic E-state index is 0.119. The lowest BCUT2D eigenvalue weighted by Gasteiger charge is -2.19. The average Bonchev–Trinajstić information content (AvgIpc) is 3.44. The van der Waals surface area contributed by atoms with Crippen LogP contribution in [0.15, 0.2) is 79.4 Å². The Balaban J connectivity index is 1.51. The van der Waals surface area contributed by atoms with E-state index in [0.717, 1.165) is 12.1 Å². The monoisotopic (exact) mass is 387 g/mol. The maximum absolute atomic E-state index is 12.9. The van der Waals surface area contributed by atoms with Crippen LogP contribution in [0.5, 0.6) is 5.75 Å². The Labute approximate surface area is 168 Å². The van der Waals surface area contributed by atoms with E-state index < -0.39 is 0 Å². The Kier molecular flexibility index (Phi) is 5.38. The number of carbonyl (C=O) groups excluding carboxylic acids is 1. The third-order valence-electron chi connectivity index (χ3n) is 4.74. The lowest BCUT2D eigenvalue weighted by Crippen LogP contribution is -2.29. The number of hydrogen-bond donors (Lipinski definition) is 3. The summed E-state index contributed by atoms with van der Waals surface area (Å²) in [5, 5.41) is 20.0. The van der Waals surface area contributed by atoms with Crippen molar-refractivity contribution in [3.05, 3.63) is 90.6 Å². The van der Waals surface area contributed by atoms with Crippen molar-refractivity contribution in [3.63, 3.8) is 0 Å². The predicted octanol–water partition coefficient (Wildman–Crippen LogP) is 3.54. The first-order valence-electron chi connectivity index (χ1n) is 9.36. The van der Waals surface area contributed by atoms with E-state index in [1.165, 1.54) is 0 Å². The maximum Gasteiger partial charge on any atom is 0.269 e. The summed E-state index contributed by atoms with van der Waals surface area (Å²) in [5.74, 6) is -0.132. The van der Waals surface area contributed by atoms with Crippen LogP contribution in [0.25, 0.3) is 11.3 Å². The molecule has 4 aromatic rings. The summed E-state index contributed by atoms with van der Waals surface area (Å²) in [6, 6.07) is 18.2. The SMILES string of the molecule is O=C(N[C@@H](CCn1ccnc1)c1ccccc1)c1cc(-c2ccccc2O)n[nH]1. The minimum Gasteiger partial charge on any atom is -0.507 e. The van der Waals surface area contributed by atoms with Crippen molar-refractivity contribution >= 4 is 5.91 Å². The van der Waals surface area contributed by atoms with Crippen LogP contribution in [0, 0.1) is 0 Å². The largest absolute Gasteiger partial charge is 0.507 e. The molecule has 146 valence electrons. The Morgan fingerprint density at radius 1 is 1.14 bits per heavy atom. The van der Waals surface area contributed by atoms with Crippen LogP contribution in [0.2, 0.25) is 0 Å².